The minimum atomic E-state index is -0.338. The molecule has 0 bridgehead atoms. The summed E-state index contributed by atoms with van der Waals surface area (Å²) >= 11 is 1.71. The maximum Gasteiger partial charge on any atom is 0.336 e. The van der Waals surface area contributed by atoms with Crippen molar-refractivity contribution in [3.63, 3.8) is 0 Å². The summed E-state index contributed by atoms with van der Waals surface area (Å²) in [5, 5.41) is 3.38. The fraction of sp³-hybridized carbons (Fsp3) is 0.0952. The molecule has 4 heteroatoms. The quantitative estimate of drug-likeness (QED) is 0.373. The van der Waals surface area contributed by atoms with Gasteiger partial charge in [0.1, 0.15) is 11.3 Å². The second kappa shape index (κ2) is 6.65. The van der Waals surface area contributed by atoms with Gasteiger partial charge in [-0.15, -0.1) is 11.8 Å². The Labute approximate surface area is 149 Å². The second-order valence-corrected chi connectivity index (χ2v) is 6.80. The van der Waals surface area contributed by atoms with E-state index >= 15 is 0 Å². The second-order valence-electron chi connectivity index (χ2n) is 5.75. The molecule has 0 saturated heterocycles. The number of thioether (sulfide) groups is 1. The zero-order chi connectivity index (χ0) is 17.2. The first kappa shape index (κ1) is 15.8. The normalized spacial score (nSPS) is 11.1. The predicted octanol–water partition coefficient (Wildman–Crippen LogP) is 5.25. The average molecular weight is 348 g/mol. The first-order valence-electron chi connectivity index (χ1n) is 7.95. The summed E-state index contributed by atoms with van der Waals surface area (Å²) < 4.78 is 10.5. The van der Waals surface area contributed by atoms with Gasteiger partial charge in [-0.2, -0.15) is 0 Å². The van der Waals surface area contributed by atoms with Gasteiger partial charge in [0.15, 0.2) is 0 Å². The van der Waals surface area contributed by atoms with Gasteiger partial charge in [-0.3, -0.25) is 0 Å². The third-order valence-electron chi connectivity index (χ3n) is 4.15. The average Bonchev–Trinajstić information content (AvgIpc) is 2.65. The van der Waals surface area contributed by atoms with Crippen molar-refractivity contribution in [2.75, 3.05) is 7.11 Å². The van der Waals surface area contributed by atoms with E-state index in [9.17, 15) is 4.79 Å². The molecule has 25 heavy (non-hydrogen) atoms. The van der Waals surface area contributed by atoms with Crippen molar-refractivity contribution in [2.45, 2.75) is 10.6 Å². The van der Waals surface area contributed by atoms with Crippen LogP contribution in [-0.4, -0.2) is 7.11 Å². The van der Waals surface area contributed by atoms with E-state index in [0.29, 0.717) is 17.1 Å². The fourth-order valence-electron chi connectivity index (χ4n) is 2.87. The first-order valence-corrected chi connectivity index (χ1v) is 8.94. The van der Waals surface area contributed by atoms with Gasteiger partial charge in [0, 0.05) is 28.2 Å². The summed E-state index contributed by atoms with van der Waals surface area (Å²) in [6.07, 6.45) is 0. The number of methoxy groups -OCH3 is 1. The highest BCUT2D eigenvalue weighted by Crippen LogP contribution is 2.30. The molecule has 0 aliphatic carbocycles. The third kappa shape index (κ3) is 3.26. The van der Waals surface area contributed by atoms with E-state index in [0.717, 1.165) is 10.9 Å². The third-order valence-corrected chi connectivity index (χ3v) is 5.20. The molecular weight excluding hydrogens is 332 g/mol. The van der Waals surface area contributed by atoms with E-state index in [1.54, 1.807) is 31.0 Å². The van der Waals surface area contributed by atoms with Crippen molar-refractivity contribution < 1.29 is 9.15 Å². The number of rotatable bonds is 4. The lowest BCUT2D eigenvalue weighted by Gasteiger charge is -2.07. The Hall–Kier alpha value is -2.72. The van der Waals surface area contributed by atoms with Crippen LogP contribution in [0.3, 0.4) is 0 Å². The Morgan fingerprint density at radius 2 is 1.80 bits per heavy atom. The number of ether oxygens (including phenoxy) is 1. The summed E-state index contributed by atoms with van der Waals surface area (Å²) in [4.78, 5) is 13.0. The zero-order valence-electron chi connectivity index (χ0n) is 13.7. The van der Waals surface area contributed by atoms with E-state index in [1.165, 1.54) is 15.7 Å². The lowest BCUT2D eigenvalue weighted by Crippen LogP contribution is -2.00. The zero-order valence-corrected chi connectivity index (χ0v) is 14.5. The topological polar surface area (TPSA) is 39.4 Å². The molecule has 0 spiro atoms. The van der Waals surface area contributed by atoms with Crippen LogP contribution >= 0.6 is 11.8 Å². The highest BCUT2D eigenvalue weighted by molar-refractivity contribution is 7.98. The van der Waals surface area contributed by atoms with Crippen LogP contribution in [0.4, 0.5) is 0 Å². The van der Waals surface area contributed by atoms with Crippen molar-refractivity contribution in [3.8, 4) is 5.75 Å². The van der Waals surface area contributed by atoms with Crippen LogP contribution in [0.25, 0.3) is 21.7 Å². The van der Waals surface area contributed by atoms with Gasteiger partial charge >= 0.3 is 5.63 Å². The van der Waals surface area contributed by atoms with E-state index in [2.05, 4.69) is 30.3 Å². The lowest BCUT2D eigenvalue weighted by atomic mass is 10.1. The van der Waals surface area contributed by atoms with Crippen LogP contribution < -0.4 is 10.4 Å². The van der Waals surface area contributed by atoms with Gasteiger partial charge in [0.2, 0.25) is 0 Å². The number of hydrogen-bond acceptors (Lipinski definition) is 4. The molecule has 0 unspecified atom stereocenters. The summed E-state index contributed by atoms with van der Waals surface area (Å²) in [6, 6.07) is 21.9. The maximum atomic E-state index is 11.9. The van der Waals surface area contributed by atoms with Crippen LogP contribution in [0, 0.1) is 0 Å². The maximum absolute atomic E-state index is 11.9. The summed E-state index contributed by atoms with van der Waals surface area (Å²) in [7, 11) is 1.60. The van der Waals surface area contributed by atoms with Crippen molar-refractivity contribution in [1.82, 2.24) is 0 Å². The van der Waals surface area contributed by atoms with Gasteiger partial charge < -0.3 is 9.15 Å². The highest BCUT2D eigenvalue weighted by atomic mass is 32.2. The van der Waals surface area contributed by atoms with Gasteiger partial charge in [-0.25, -0.2) is 4.79 Å². The van der Waals surface area contributed by atoms with Gasteiger partial charge in [0.25, 0.3) is 0 Å². The predicted molar refractivity (Wildman–Crippen MR) is 103 cm³/mol. The molecular formula is C21H16O3S. The Morgan fingerprint density at radius 1 is 0.960 bits per heavy atom. The molecule has 0 saturated carbocycles. The minimum absolute atomic E-state index is 0.338. The van der Waals surface area contributed by atoms with E-state index in [4.69, 9.17) is 9.15 Å². The summed E-state index contributed by atoms with van der Waals surface area (Å²) in [5.74, 6) is 1.38. The van der Waals surface area contributed by atoms with Crippen LogP contribution in [0.1, 0.15) is 5.56 Å². The van der Waals surface area contributed by atoms with Crippen molar-refractivity contribution >= 4 is 33.5 Å². The van der Waals surface area contributed by atoms with E-state index in [1.807, 2.05) is 24.3 Å². The Bertz CT molecular complexity index is 1110. The van der Waals surface area contributed by atoms with Gasteiger partial charge in [-0.05, 0) is 40.6 Å². The molecule has 0 atom stereocenters. The largest absolute Gasteiger partial charge is 0.497 e. The molecule has 124 valence electrons. The number of benzene rings is 3. The highest BCUT2D eigenvalue weighted by Gasteiger charge is 2.08. The minimum Gasteiger partial charge on any atom is -0.497 e. The van der Waals surface area contributed by atoms with E-state index < -0.39 is 0 Å². The SMILES string of the molecule is COc1ccc2c(CSc3ccc4ccccc4c3)cc(=O)oc2c1. The monoisotopic (exact) mass is 348 g/mol. The molecule has 1 heterocycles. The Balaban J connectivity index is 1.66. The number of hydrogen-bond donors (Lipinski definition) is 0. The van der Waals surface area contributed by atoms with Crippen LogP contribution in [0.5, 0.6) is 5.75 Å². The molecule has 0 radical (unpaired) electrons. The molecule has 0 fully saturated rings. The Morgan fingerprint density at radius 3 is 2.64 bits per heavy atom. The van der Waals surface area contributed by atoms with Crippen molar-refractivity contribution in [1.29, 1.82) is 0 Å². The molecule has 4 aromatic rings. The van der Waals surface area contributed by atoms with Crippen LogP contribution in [0.2, 0.25) is 0 Å². The molecule has 3 nitrogen and oxygen atoms in total. The smallest absolute Gasteiger partial charge is 0.336 e. The molecule has 0 aliphatic heterocycles. The van der Waals surface area contributed by atoms with Gasteiger partial charge in [-0.1, -0.05) is 30.3 Å². The van der Waals surface area contributed by atoms with Crippen molar-refractivity contribution in [2.24, 2.45) is 0 Å². The molecule has 0 amide bonds. The Kier molecular flexibility index (Phi) is 4.20. The lowest BCUT2D eigenvalue weighted by molar-refractivity contribution is 0.414. The first-order chi connectivity index (χ1) is 12.2. The summed E-state index contributed by atoms with van der Waals surface area (Å²) in [5.41, 5.74) is 1.18. The molecule has 4 rings (SSSR count). The fourth-order valence-corrected chi connectivity index (χ4v) is 3.81. The van der Waals surface area contributed by atoms with Crippen molar-refractivity contribution in [3.05, 3.63) is 82.7 Å². The summed E-state index contributed by atoms with van der Waals surface area (Å²) in [6.45, 7) is 0. The number of fused-ring (bicyclic) bond motifs is 2. The van der Waals surface area contributed by atoms with E-state index in [-0.39, 0.29) is 5.63 Å². The molecule has 0 N–H and O–H groups in total. The molecule has 3 aromatic carbocycles. The van der Waals surface area contributed by atoms with Crippen LogP contribution in [-0.2, 0) is 5.75 Å². The standard InChI is InChI=1S/C21H16O3S/c1-23-17-7-9-19-16(11-21(22)24-20(19)12-17)13-25-18-8-6-14-4-2-3-5-15(14)10-18/h2-12H,13H2,1H3. The van der Waals surface area contributed by atoms with Gasteiger partial charge in [0.05, 0.1) is 7.11 Å². The molecule has 0 aliphatic rings. The van der Waals surface area contributed by atoms with Crippen LogP contribution in [0.15, 0.2) is 80.8 Å². The molecule has 1 aromatic heterocycles.